The Bertz CT molecular complexity index is 2110. The standard InChI is InChI=1S/C44H53ClN4O8/c1-55-37-23-38(34(45)22-30(37)24-46-25-36(51)32-10-12-35(50)42-33(32)11-13-40(52)48-42)56-27-41(53)47-18-6-8-28-7-5-9-31(21-28)44(16-3-2-4-17-44)43(54)57-39-26-49-19-14-29(39)15-20-49/h5,7,9-13,21-23,29,36,39,46,50-51H,2-4,6,8,14-20,24-27H2,1H3,(H,47,53)(H,48,52)/t36?,39-/m0/s1. The summed E-state index contributed by atoms with van der Waals surface area (Å²) in [7, 11) is 1.52. The maximum absolute atomic E-state index is 14.0. The molecule has 5 N–H and O–H groups in total. The number of aromatic hydroxyl groups is 1. The Kier molecular flexibility index (Phi) is 13.0. The molecule has 4 heterocycles. The van der Waals surface area contributed by atoms with Crippen LogP contribution in [0.5, 0.6) is 17.2 Å². The molecule has 4 aliphatic rings. The van der Waals surface area contributed by atoms with Crippen molar-refractivity contribution in [2.24, 2.45) is 5.92 Å². The number of aromatic amines is 1. The number of phenolic OH excluding ortho intramolecular Hbond substituents is 1. The number of H-pyrrole nitrogens is 1. The van der Waals surface area contributed by atoms with E-state index in [9.17, 15) is 24.6 Å². The number of piperidine rings is 3. The zero-order valence-corrected chi connectivity index (χ0v) is 33.2. The lowest BCUT2D eigenvalue weighted by molar-refractivity contribution is -0.167. The van der Waals surface area contributed by atoms with Crippen LogP contribution in [0.4, 0.5) is 0 Å². The highest BCUT2D eigenvalue weighted by Crippen LogP contribution is 2.42. The normalized spacial score (nSPS) is 20.5. The number of hydrogen-bond donors (Lipinski definition) is 5. The fourth-order valence-electron chi connectivity index (χ4n) is 8.82. The van der Waals surface area contributed by atoms with Crippen LogP contribution in [0.2, 0.25) is 5.02 Å². The smallest absolute Gasteiger partial charge is 0.316 e. The van der Waals surface area contributed by atoms with E-state index in [-0.39, 0.29) is 48.0 Å². The van der Waals surface area contributed by atoms with E-state index in [1.165, 1.54) is 19.2 Å². The van der Waals surface area contributed by atoms with Crippen molar-refractivity contribution in [2.75, 3.05) is 46.4 Å². The quantitative estimate of drug-likeness (QED) is 0.0704. The third-order valence-electron chi connectivity index (χ3n) is 12.0. The van der Waals surface area contributed by atoms with Gasteiger partial charge in [0.2, 0.25) is 5.56 Å². The molecule has 1 aromatic heterocycles. The van der Waals surface area contributed by atoms with E-state index in [0.29, 0.717) is 46.5 Å². The molecule has 0 spiro atoms. The first-order valence-corrected chi connectivity index (χ1v) is 20.5. The molecule has 3 aliphatic heterocycles. The van der Waals surface area contributed by atoms with Gasteiger partial charge < -0.3 is 40.0 Å². The Morgan fingerprint density at radius 2 is 1.84 bits per heavy atom. The molecular formula is C44H53ClN4O8. The summed E-state index contributed by atoms with van der Waals surface area (Å²) in [5.41, 5.74) is 2.77. The Hall–Kier alpha value is -4.62. The number of phenols is 1. The van der Waals surface area contributed by atoms with E-state index in [2.05, 4.69) is 38.7 Å². The third-order valence-corrected chi connectivity index (χ3v) is 12.3. The molecule has 0 radical (unpaired) electrons. The number of nitrogens with zero attached hydrogens (tertiary/aromatic N) is 1. The Morgan fingerprint density at radius 3 is 2.60 bits per heavy atom. The van der Waals surface area contributed by atoms with Crippen molar-refractivity contribution >= 4 is 34.4 Å². The number of aliphatic hydroxyl groups excluding tert-OH is 1. The number of carbonyl (C=O) groups is 2. The van der Waals surface area contributed by atoms with Gasteiger partial charge in [0.25, 0.3) is 5.91 Å². The molecule has 4 aromatic rings. The van der Waals surface area contributed by atoms with Gasteiger partial charge in [-0.05, 0) is 92.4 Å². The van der Waals surface area contributed by atoms with Crippen molar-refractivity contribution in [1.82, 2.24) is 20.5 Å². The van der Waals surface area contributed by atoms with Crippen LogP contribution in [0.1, 0.15) is 79.7 Å². The highest BCUT2D eigenvalue weighted by molar-refractivity contribution is 6.32. The van der Waals surface area contributed by atoms with Gasteiger partial charge >= 0.3 is 5.97 Å². The zero-order chi connectivity index (χ0) is 39.9. The van der Waals surface area contributed by atoms with E-state index in [0.717, 1.165) is 94.1 Å². The summed E-state index contributed by atoms with van der Waals surface area (Å²) in [4.78, 5) is 43.5. The van der Waals surface area contributed by atoms with Gasteiger partial charge in [0.1, 0.15) is 23.4 Å². The molecule has 1 saturated carbocycles. The molecule has 1 amide bonds. The molecule has 1 aliphatic carbocycles. The number of benzene rings is 3. The summed E-state index contributed by atoms with van der Waals surface area (Å²) in [6.45, 7) is 3.79. The van der Waals surface area contributed by atoms with Crippen LogP contribution in [0.25, 0.3) is 10.9 Å². The first-order chi connectivity index (χ1) is 27.6. The van der Waals surface area contributed by atoms with Crippen molar-refractivity contribution in [3.63, 3.8) is 0 Å². The molecule has 3 aromatic carbocycles. The van der Waals surface area contributed by atoms with E-state index in [4.69, 9.17) is 25.8 Å². The van der Waals surface area contributed by atoms with Crippen LogP contribution >= 0.6 is 11.6 Å². The number of esters is 1. The second-order valence-electron chi connectivity index (χ2n) is 15.7. The Balaban J connectivity index is 0.876. The fourth-order valence-corrected chi connectivity index (χ4v) is 9.06. The van der Waals surface area contributed by atoms with Gasteiger partial charge in [-0.3, -0.25) is 19.3 Å². The largest absolute Gasteiger partial charge is 0.506 e. The predicted octanol–water partition coefficient (Wildman–Crippen LogP) is 5.69. The minimum absolute atomic E-state index is 0.00191. The van der Waals surface area contributed by atoms with Crippen LogP contribution in [-0.4, -0.2) is 84.5 Å². The number of aliphatic hydroxyl groups is 1. The number of hydrogen-bond acceptors (Lipinski definition) is 10. The maximum atomic E-state index is 14.0. The number of rotatable bonds is 16. The lowest BCUT2D eigenvalue weighted by Gasteiger charge is -2.45. The number of carbonyl (C=O) groups excluding carboxylic acids is 2. The second-order valence-corrected chi connectivity index (χ2v) is 16.1. The molecule has 3 saturated heterocycles. The number of aryl methyl sites for hydroxylation is 1. The second kappa shape index (κ2) is 18.3. The Morgan fingerprint density at radius 1 is 1.04 bits per heavy atom. The first kappa shape index (κ1) is 40.6. The first-order valence-electron chi connectivity index (χ1n) is 20.2. The SMILES string of the molecule is COc1cc(OCC(=O)NCCCc2cccc(C3(C(=O)O[C@H]4CN5CCC4CC5)CCCCC3)c2)c(Cl)cc1CNCC(O)c1ccc(O)c2[nH]c(=O)ccc12. The molecule has 8 rings (SSSR count). The van der Waals surface area contributed by atoms with Crippen LogP contribution < -0.4 is 25.7 Å². The van der Waals surface area contributed by atoms with Gasteiger partial charge in [-0.15, -0.1) is 0 Å². The molecule has 1 unspecified atom stereocenters. The monoisotopic (exact) mass is 800 g/mol. The van der Waals surface area contributed by atoms with Gasteiger partial charge in [-0.1, -0.05) is 61.2 Å². The van der Waals surface area contributed by atoms with Gasteiger partial charge in [0.05, 0.1) is 29.2 Å². The van der Waals surface area contributed by atoms with Crippen molar-refractivity contribution < 1.29 is 34.0 Å². The molecule has 2 bridgehead atoms. The summed E-state index contributed by atoms with van der Waals surface area (Å²) in [5.74, 6) is 0.870. The van der Waals surface area contributed by atoms with Crippen molar-refractivity contribution in [3.8, 4) is 17.2 Å². The topological polar surface area (TPSA) is 162 Å². The summed E-state index contributed by atoms with van der Waals surface area (Å²) in [5, 5.41) is 28.1. The summed E-state index contributed by atoms with van der Waals surface area (Å²) < 4.78 is 17.7. The van der Waals surface area contributed by atoms with Crippen LogP contribution in [0, 0.1) is 5.92 Å². The number of halogens is 1. The fraction of sp³-hybridized carbons (Fsp3) is 0.477. The van der Waals surface area contributed by atoms with Crippen molar-refractivity contribution in [2.45, 2.75) is 82.0 Å². The average molecular weight is 801 g/mol. The Labute approximate surface area is 337 Å². The average Bonchev–Trinajstić information content (AvgIpc) is 3.23. The van der Waals surface area contributed by atoms with Crippen LogP contribution in [-0.2, 0) is 32.7 Å². The highest BCUT2D eigenvalue weighted by Gasteiger charge is 2.46. The molecule has 57 heavy (non-hydrogen) atoms. The number of aromatic nitrogens is 1. The number of ether oxygens (including phenoxy) is 3. The summed E-state index contributed by atoms with van der Waals surface area (Å²) in [6, 6.07) is 17.7. The number of nitrogens with one attached hydrogen (secondary N) is 3. The molecule has 12 nitrogen and oxygen atoms in total. The van der Waals surface area contributed by atoms with E-state index < -0.39 is 11.5 Å². The lowest BCUT2D eigenvalue weighted by Crippen LogP contribution is -2.53. The molecular weight excluding hydrogens is 748 g/mol. The molecule has 13 heteroatoms. The highest BCUT2D eigenvalue weighted by atomic mass is 35.5. The van der Waals surface area contributed by atoms with Gasteiger partial charge in [0.15, 0.2) is 6.61 Å². The minimum Gasteiger partial charge on any atom is -0.506 e. The number of pyridine rings is 1. The van der Waals surface area contributed by atoms with E-state index in [1.54, 1.807) is 24.3 Å². The van der Waals surface area contributed by atoms with Crippen molar-refractivity contribution in [3.05, 3.63) is 98.3 Å². The molecule has 304 valence electrons. The predicted molar refractivity (Wildman–Crippen MR) is 218 cm³/mol. The third kappa shape index (κ3) is 9.41. The number of methoxy groups -OCH3 is 1. The van der Waals surface area contributed by atoms with E-state index in [1.807, 2.05) is 6.07 Å². The van der Waals surface area contributed by atoms with Crippen molar-refractivity contribution in [1.29, 1.82) is 0 Å². The molecule has 2 atom stereocenters. The van der Waals surface area contributed by atoms with Gasteiger partial charge in [-0.25, -0.2) is 0 Å². The summed E-state index contributed by atoms with van der Waals surface area (Å²) in [6.07, 6.45) is 7.57. The van der Waals surface area contributed by atoms with Gasteiger partial charge in [-0.2, -0.15) is 0 Å². The number of amides is 1. The van der Waals surface area contributed by atoms with Gasteiger partial charge in [0, 0.05) is 49.3 Å². The number of fused-ring (bicyclic) bond motifs is 4. The lowest BCUT2D eigenvalue weighted by atomic mass is 9.69. The van der Waals surface area contributed by atoms with Crippen LogP contribution in [0.3, 0.4) is 0 Å². The summed E-state index contributed by atoms with van der Waals surface area (Å²) >= 11 is 6.56. The minimum atomic E-state index is -0.935. The maximum Gasteiger partial charge on any atom is 0.316 e. The zero-order valence-electron chi connectivity index (χ0n) is 32.5. The van der Waals surface area contributed by atoms with Crippen LogP contribution in [0.15, 0.2) is 65.5 Å². The molecule has 4 fully saturated rings. The van der Waals surface area contributed by atoms with E-state index >= 15 is 0 Å².